The lowest BCUT2D eigenvalue weighted by atomic mass is 10.0. The van der Waals surface area contributed by atoms with E-state index in [-0.39, 0.29) is 24.2 Å². The van der Waals surface area contributed by atoms with Crippen molar-refractivity contribution in [1.29, 1.82) is 0 Å². The van der Waals surface area contributed by atoms with Gasteiger partial charge in [0.25, 0.3) is 0 Å². The number of fused-ring (bicyclic) bond motifs is 1. The number of sulfonamides is 1. The van der Waals surface area contributed by atoms with Crippen LogP contribution in [0.5, 0.6) is 11.5 Å². The minimum absolute atomic E-state index is 0.124. The van der Waals surface area contributed by atoms with Gasteiger partial charge in [0.1, 0.15) is 19.8 Å². The molecule has 0 radical (unpaired) electrons. The van der Waals surface area contributed by atoms with Crippen molar-refractivity contribution in [2.24, 2.45) is 0 Å². The number of hydrogen-bond acceptors (Lipinski definition) is 5. The van der Waals surface area contributed by atoms with Crippen LogP contribution < -0.4 is 19.1 Å². The SMILES string of the molecule is CCS(=O)(=O)N(CC(=O)N[C@@H](C)c1ccc(C)cc1C)c1ccc2c(c1)OCCO2. The third-order valence-electron chi connectivity index (χ3n) is 5.07. The molecule has 7 nitrogen and oxygen atoms in total. The van der Waals surface area contributed by atoms with Crippen molar-refractivity contribution in [2.75, 3.05) is 29.8 Å². The van der Waals surface area contributed by atoms with E-state index < -0.39 is 10.0 Å². The minimum atomic E-state index is -3.67. The molecule has 162 valence electrons. The number of carbonyl (C=O) groups excluding carboxylic acids is 1. The van der Waals surface area contributed by atoms with E-state index in [1.165, 1.54) is 0 Å². The van der Waals surface area contributed by atoms with Gasteiger partial charge in [0.2, 0.25) is 15.9 Å². The van der Waals surface area contributed by atoms with E-state index in [9.17, 15) is 13.2 Å². The number of nitrogens with zero attached hydrogens (tertiary/aromatic N) is 1. The Morgan fingerprint density at radius 3 is 2.47 bits per heavy atom. The van der Waals surface area contributed by atoms with Crippen LogP contribution in [0, 0.1) is 13.8 Å². The number of anilines is 1. The van der Waals surface area contributed by atoms with E-state index in [4.69, 9.17) is 9.47 Å². The molecule has 0 saturated carbocycles. The molecule has 0 fully saturated rings. The van der Waals surface area contributed by atoms with E-state index in [1.807, 2.05) is 32.9 Å². The van der Waals surface area contributed by atoms with Gasteiger partial charge in [-0.2, -0.15) is 0 Å². The van der Waals surface area contributed by atoms with Crippen molar-refractivity contribution < 1.29 is 22.7 Å². The van der Waals surface area contributed by atoms with Crippen LogP contribution in [0.15, 0.2) is 36.4 Å². The fourth-order valence-electron chi connectivity index (χ4n) is 3.50. The van der Waals surface area contributed by atoms with Crippen LogP contribution >= 0.6 is 0 Å². The summed E-state index contributed by atoms with van der Waals surface area (Å²) in [6.45, 7) is 7.97. The summed E-state index contributed by atoms with van der Waals surface area (Å²) in [6.07, 6.45) is 0. The van der Waals surface area contributed by atoms with E-state index in [1.54, 1.807) is 25.1 Å². The Labute approximate surface area is 178 Å². The van der Waals surface area contributed by atoms with Crippen molar-refractivity contribution in [2.45, 2.75) is 33.7 Å². The number of benzene rings is 2. The zero-order valence-corrected chi connectivity index (χ0v) is 18.6. The molecule has 0 saturated heterocycles. The highest BCUT2D eigenvalue weighted by atomic mass is 32.2. The maximum atomic E-state index is 12.8. The van der Waals surface area contributed by atoms with Gasteiger partial charge in [-0.3, -0.25) is 9.10 Å². The molecule has 0 unspecified atom stereocenters. The van der Waals surface area contributed by atoms with Gasteiger partial charge < -0.3 is 14.8 Å². The van der Waals surface area contributed by atoms with Crippen LogP contribution in [0.1, 0.15) is 36.6 Å². The van der Waals surface area contributed by atoms with Crippen molar-refractivity contribution in [1.82, 2.24) is 5.32 Å². The van der Waals surface area contributed by atoms with E-state index in [0.29, 0.717) is 30.4 Å². The number of carbonyl (C=O) groups is 1. The zero-order chi connectivity index (χ0) is 21.9. The summed E-state index contributed by atoms with van der Waals surface area (Å²) in [6, 6.07) is 10.7. The second-order valence-electron chi connectivity index (χ2n) is 7.38. The van der Waals surface area contributed by atoms with Crippen LogP contribution in [0.4, 0.5) is 5.69 Å². The summed E-state index contributed by atoms with van der Waals surface area (Å²) < 4.78 is 37.6. The van der Waals surface area contributed by atoms with Gasteiger partial charge >= 0.3 is 0 Å². The molecule has 1 heterocycles. The minimum Gasteiger partial charge on any atom is -0.486 e. The van der Waals surface area contributed by atoms with Crippen molar-refractivity contribution >= 4 is 21.6 Å². The summed E-state index contributed by atoms with van der Waals surface area (Å²) in [4.78, 5) is 12.8. The molecule has 0 aromatic heterocycles. The largest absolute Gasteiger partial charge is 0.486 e. The number of nitrogens with one attached hydrogen (secondary N) is 1. The summed E-state index contributed by atoms with van der Waals surface area (Å²) >= 11 is 0. The summed E-state index contributed by atoms with van der Waals surface area (Å²) in [5.41, 5.74) is 3.59. The third-order valence-corrected chi connectivity index (χ3v) is 6.81. The first-order valence-electron chi connectivity index (χ1n) is 9.98. The standard InChI is InChI=1S/C22H28N2O5S/c1-5-30(26,27)24(18-7-9-20-21(13-18)29-11-10-28-20)14-22(25)23-17(4)19-8-6-15(2)12-16(19)3/h6-9,12-13,17H,5,10-11,14H2,1-4H3,(H,23,25)/t17-/m0/s1. The lowest BCUT2D eigenvalue weighted by molar-refractivity contribution is -0.120. The molecule has 1 atom stereocenters. The lowest BCUT2D eigenvalue weighted by Crippen LogP contribution is -2.42. The average molecular weight is 433 g/mol. The van der Waals surface area contributed by atoms with Gasteiger partial charge in [-0.1, -0.05) is 23.8 Å². The molecule has 2 aromatic rings. The molecule has 2 aromatic carbocycles. The summed E-state index contributed by atoms with van der Waals surface area (Å²) in [5.74, 6) is 0.529. The van der Waals surface area contributed by atoms with E-state index in [2.05, 4.69) is 11.4 Å². The molecule has 1 N–H and O–H groups in total. The predicted molar refractivity (Wildman–Crippen MR) is 117 cm³/mol. The number of rotatable bonds is 7. The van der Waals surface area contributed by atoms with Crippen LogP contribution in [0.3, 0.4) is 0 Å². The predicted octanol–water partition coefficient (Wildman–Crippen LogP) is 3.11. The van der Waals surface area contributed by atoms with Crippen LogP contribution in [-0.4, -0.2) is 39.8 Å². The first-order chi connectivity index (χ1) is 14.2. The Morgan fingerprint density at radius 2 is 1.80 bits per heavy atom. The Kier molecular flexibility index (Phi) is 6.55. The van der Waals surface area contributed by atoms with Crippen molar-refractivity contribution in [3.8, 4) is 11.5 Å². The fraction of sp³-hybridized carbons (Fsp3) is 0.409. The third kappa shape index (κ3) is 4.87. The molecule has 0 spiro atoms. The first-order valence-corrected chi connectivity index (χ1v) is 11.6. The zero-order valence-electron chi connectivity index (χ0n) is 17.8. The molecule has 0 bridgehead atoms. The Morgan fingerprint density at radius 1 is 1.10 bits per heavy atom. The molecule has 3 rings (SSSR count). The normalized spacial score (nSPS) is 14.1. The molecule has 1 aliphatic rings. The molecular formula is C22H28N2O5S. The lowest BCUT2D eigenvalue weighted by Gasteiger charge is -2.26. The monoisotopic (exact) mass is 432 g/mol. The maximum absolute atomic E-state index is 12.8. The Hall–Kier alpha value is -2.74. The molecule has 1 aliphatic heterocycles. The van der Waals surface area contributed by atoms with Gasteiger partial charge in [-0.05, 0) is 51.0 Å². The number of aryl methyl sites for hydroxylation is 2. The number of amides is 1. The molecule has 0 aliphatic carbocycles. The van der Waals surface area contributed by atoms with Crippen LogP contribution in [0.25, 0.3) is 0 Å². The van der Waals surface area contributed by atoms with Gasteiger partial charge in [0.05, 0.1) is 17.5 Å². The molecular weight excluding hydrogens is 404 g/mol. The fourth-order valence-corrected chi connectivity index (χ4v) is 4.56. The van der Waals surface area contributed by atoms with Crippen LogP contribution in [0.2, 0.25) is 0 Å². The van der Waals surface area contributed by atoms with Gasteiger partial charge in [-0.15, -0.1) is 0 Å². The Balaban J connectivity index is 1.81. The second-order valence-corrected chi connectivity index (χ2v) is 9.57. The second kappa shape index (κ2) is 8.95. The van der Waals surface area contributed by atoms with Gasteiger partial charge in [0.15, 0.2) is 11.5 Å². The van der Waals surface area contributed by atoms with Gasteiger partial charge in [0, 0.05) is 6.07 Å². The highest BCUT2D eigenvalue weighted by molar-refractivity contribution is 7.92. The Bertz CT molecular complexity index is 1040. The van der Waals surface area contributed by atoms with E-state index >= 15 is 0 Å². The smallest absolute Gasteiger partial charge is 0.241 e. The highest BCUT2D eigenvalue weighted by Crippen LogP contribution is 2.34. The molecule has 8 heteroatoms. The number of hydrogen-bond donors (Lipinski definition) is 1. The van der Waals surface area contributed by atoms with Gasteiger partial charge in [-0.25, -0.2) is 8.42 Å². The molecule has 1 amide bonds. The highest BCUT2D eigenvalue weighted by Gasteiger charge is 2.26. The molecule has 30 heavy (non-hydrogen) atoms. The van der Waals surface area contributed by atoms with Crippen molar-refractivity contribution in [3.63, 3.8) is 0 Å². The number of ether oxygens (including phenoxy) is 2. The van der Waals surface area contributed by atoms with Crippen molar-refractivity contribution in [3.05, 3.63) is 53.1 Å². The van der Waals surface area contributed by atoms with Crippen LogP contribution in [-0.2, 0) is 14.8 Å². The average Bonchev–Trinajstić information content (AvgIpc) is 2.71. The summed E-state index contributed by atoms with van der Waals surface area (Å²) in [5, 5.41) is 2.91. The maximum Gasteiger partial charge on any atom is 0.241 e. The van der Waals surface area contributed by atoms with E-state index in [0.717, 1.165) is 21.0 Å². The quantitative estimate of drug-likeness (QED) is 0.727. The summed E-state index contributed by atoms with van der Waals surface area (Å²) in [7, 11) is -3.67. The first kappa shape index (κ1) is 22.0. The topological polar surface area (TPSA) is 84.9 Å².